The Hall–Kier alpha value is -2.53. The Balaban J connectivity index is 1.51. The molecule has 0 saturated carbocycles. The van der Waals surface area contributed by atoms with Gasteiger partial charge in [-0.15, -0.1) is 0 Å². The van der Waals surface area contributed by atoms with Crippen LogP contribution in [0.5, 0.6) is 0 Å². The molecule has 1 aliphatic heterocycles. The first kappa shape index (κ1) is 18.3. The zero-order valence-electron chi connectivity index (χ0n) is 15.9. The molecule has 0 spiro atoms. The molecule has 0 bridgehead atoms. The summed E-state index contributed by atoms with van der Waals surface area (Å²) in [6, 6.07) is 14.3. The molecule has 138 valence electrons. The van der Waals surface area contributed by atoms with Crippen molar-refractivity contribution in [2.75, 3.05) is 55.3 Å². The van der Waals surface area contributed by atoms with Crippen LogP contribution >= 0.6 is 0 Å². The van der Waals surface area contributed by atoms with Gasteiger partial charge in [-0.05, 0) is 62.4 Å². The van der Waals surface area contributed by atoms with E-state index in [1.54, 1.807) is 0 Å². The second-order valence-corrected chi connectivity index (χ2v) is 6.99. The SMILES string of the molecule is Cc1cccc(NC(=O)CNc2ccc(N3CCN(C)CC3)cc2)c1C. The van der Waals surface area contributed by atoms with Gasteiger partial charge in [-0.2, -0.15) is 0 Å². The molecule has 1 heterocycles. The molecule has 0 atom stereocenters. The minimum Gasteiger partial charge on any atom is -0.376 e. The molecule has 0 radical (unpaired) electrons. The number of benzene rings is 2. The van der Waals surface area contributed by atoms with Crippen LogP contribution < -0.4 is 15.5 Å². The van der Waals surface area contributed by atoms with Gasteiger partial charge in [0.2, 0.25) is 5.91 Å². The van der Waals surface area contributed by atoms with Crippen LogP contribution in [0, 0.1) is 13.8 Å². The van der Waals surface area contributed by atoms with Crippen molar-refractivity contribution in [3.05, 3.63) is 53.6 Å². The molecule has 2 aromatic carbocycles. The lowest BCUT2D eigenvalue weighted by atomic mass is 10.1. The largest absolute Gasteiger partial charge is 0.376 e. The number of anilines is 3. The third-order valence-electron chi connectivity index (χ3n) is 5.07. The minimum atomic E-state index is -0.0400. The standard InChI is InChI=1S/C21H28N4O/c1-16-5-4-6-20(17(16)2)23-21(26)15-22-18-7-9-19(10-8-18)25-13-11-24(3)12-14-25/h4-10,22H,11-15H2,1-3H3,(H,23,26). The van der Waals surface area contributed by atoms with E-state index in [0.717, 1.165) is 43.1 Å². The average Bonchev–Trinajstić information content (AvgIpc) is 2.65. The molecule has 5 heteroatoms. The summed E-state index contributed by atoms with van der Waals surface area (Å²) >= 11 is 0. The number of likely N-dealkylation sites (N-methyl/N-ethyl adjacent to an activating group) is 1. The molecule has 0 unspecified atom stereocenters. The van der Waals surface area contributed by atoms with Crippen molar-refractivity contribution >= 4 is 23.0 Å². The zero-order chi connectivity index (χ0) is 18.5. The van der Waals surface area contributed by atoms with Crippen molar-refractivity contribution in [3.8, 4) is 0 Å². The number of hydrogen-bond acceptors (Lipinski definition) is 4. The molecule has 5 nitrogen and oxygen atoms in total. The lowest BCUT2D eigenvalue weighted by Gasteiger charge is -2.34. The molecule has 3 rings (SSSR count). The van der Waals surface area contributed by atoms with E-state index in [1.165, 1.54) is 11.3 Å². The Labute approximate surface area is 156 Å². The summed E-state index contributed by atoms with van der Waals surface area (Å²) in [5.41, 5.74) is 5.36. The Morgan fingerprint density at radius 1 is 1.00 bits per heavy atom. The molecule has 26 heavy (non-hydrogen) atoms. The summed E-state index contributed by atoms with van der Waals surface area (Å²) in [5, 5.41) is 6.17. The van der Waals surface area contributed by atoms with E-state index in [4.69, 9.17) is 0 Å². The number of hydrogen-bond donors (Lipinski definition) is 2. The van der Waals surface area contributed by atoms with Crippen LogP contribution in [0.25, 0.3) is 0 Å². The van der Waals surface area contributed by atoms with Gasteiger partial charge in [0.05, 0.1) is 6.54 Å². The minimum absolute atomic E-state index is 0.0400. The summed E-state index contributed by atoms with van der Waals surface area (Å²) in [5.74, 6) is -0.0400. The highest BCUT2D eigenvalue weighted by Crippen LogP contribution is 2.20. The quantitative estimate of drug-likeness (QED) is 0.868. The van der Waals surface area contributed by atoms with Crippen LogP contribution in [0.2, 0.25) is 0 Å². The number of carbonyl (C=O) groups is 1. The van der Waals surface area contributed by atoms with Crippen LogP contribution in [0.4, 0.5) is 17.1 Å². The molecule has 1 saturated heterocycles. The van der Waals surface area contributed by atoms with E-state index in [0.29, 0.717) is 0 Å². The highest BCUT2D eigenvalue weighted by Gasteiger charge is 2.14. The predicted octanol–water partition coefficient (Wildman–Crippen LogP) is 3.11. The molecule has 1 amide bonds. The van der Waals surface area contributed by atoms with Gasteiger partial charge in [0.1, 0.15) is 0 Å². The molecular formula is C21H28N4O. The molecule has 0 aromatic heterocycles. The monoisotopic (exact) mass is 352 g/mol. The van der Waals surface area contributed by atoms with E-state index >= 15 is 0 Å². The third kappa shape index (κ3) is 4.55. The molecule has 2 aromatic rings. The molecule has 1 aliphatic rings. The second-order valence-electron chi connectivity index (χ2n) is 6.99. The van der Waals surface area contributed by atoms with Crippen LogP contribution in [0.3, 0.4) is 0 Å². The van der Waals surface area contributed by atoms with E-state index in [-0.39, 0.29) is 12.5 Å². The van der Waals surface area contributed by atoms with Crippen LogP contribution in [-0.4, -0.2) is 50.6 Å². The first-order valence-electron chi connectivity index (χ1n) is 9.16. The Bertz CT molecular complexity index is 749. The topological polar surface area (TPSA) is 47.6 Å². The molecule has 0 aliphatic carbocycles. The van der Waals surface area contributed by atoms with Gasteiger partial charge in [-0.1, -0.05) is 12.1 Å². The van der Waals surface area contributed by atoms with Crippen LogP contribution in [-0.2, 0) is 4.79 Å². The summed E-state index contributed by atoms with van der Waals surface area (Å²) < 4.78 is 0. The Kier molecular flexibility index (Phi) is 5.78. The third-order valence-corrected chi connectivity index (χ3v) is 5.07. The van der Waals surface area contributed by atoms with Crippen molar-refractivity contribution < 1.29 is 4.79 Å². The lowest BCUT2D eigenvalue weighted by Crippen LogP contribution is -2.44. The van der Waals surface area contributed by atoms with E-state index in [1.807, 2.05) is 44.2 Å². The maximum atomic E-state index is 12.2. The second kappa shape index (κ2) is 8.23. The Morgan fingerprint density at radius 3 is 2.38 bits per heavy atom. The van der Waals surface area contributed by atoms with E-state index in [2.05, 4.69) is 39.6 Å². The van der Waals surface area contributed by atoms with Gasteiger partial charge >= 0.3 is 0 Å². The normalized spacial score (nSPS) is 15.0. The van der Waals surface area contributed by atoms with Gasteiger partial charge in [0.25, 0.3) is 0 Å². The summed E-state index contributed by atoms with van der Waals surface area (Å²) in [6.45, 7) is 8.63. The molecule has 1 fully saturated rings. The van der Waals surface area contributed by atoms with Crippen molar-refractivity contribution in [3.63, 3.8) is 0 Å². The highest BCUT2D eigenvalue weighted by atomic mass is 16.1. The van der Waals surface area contributed by atoms with Crippen molar-refractivity contribution in [1.82, 2.24) is 4.90 Å². The number of amides is 1. The van der Waals surface area contributed by atoms with E-state index < -0.39 is 0 Å². The number of aryl methyl sites for hydroxylation is 1. The maximum absolute atomic E-state index is 12.2. The molecule has 2 N–H and O–H groups in total. The number of nitrogens with zero attached hydrogens (tertiary/aromatic N) is 2. The fourth-order valence-corrected chi connectivity index (χ4v) is 3.12. The van der Waals surface area contributed by atoms with Crippen LogP contribution in [0.15, 0.2) is 42.5 Å². The van der Waals surface area contributed by atoms with Crippen LogP contribution in [0.1, 0.15) is 11.1 Å². The van der Waals surface area contributed by atoms with Gasteiger partial charge in [0.15, 0.2) is 0 Å². The average molecular weight is 352 g/mol. The van der Waals surface area contributed by atoms with E-state index in [9.17, 15) is 4.79 Å². The highest BCUT2D eigenvalue weighted by molar-refractivity contribution is 5.94. The fraction of sp³-hybridized carbons (Fsp3) is 0.381. The first-order chi connectivity index (χ1) is 12.5. The smallest absolute Gasteiger partial charge is 0.243 e. The van der Waals surface area contributed by atoms with Gasteiger partial charge in [0, 0.05) is 43.2 Å². The van der Waals surface area contributed by atoms with Crippen molar-refractivity contribution in [1.29, 1.82) is 0 Å². The van der Waals surface area contributed by atoms with Crippen molar-refractivity contribution in [2.24, 2.45) is 0 Å². The molecular weight excluding hydrogens is 324 g/mol. The first-order valence-corrected chi connectivity index (χ1v) is 9.16. The maximum Gasteiger partial charge on any atom is 0.243 e. The summed E-state index contributed by atoms with van der Waals surface area (Å²) in [4.78, 5) is 17.0. The number of rotatable bonds is 5. The number of carbonyl (C=O) groups excluding carboxylic acids is 1. The lowest BCUT2D eigenvalue weighted by molar-refractivity contribution is -0.114. The van der Waals surface area contributed by atoms with Crippen molar-refractivity contribution in [2.45, 2.75) is 13.8 Å². The summed E-state index contributed by atoms with van der Waals surface area (Å²) in [7, 11) is 2.16. The van der Waals surface area contributed by atoms with Gasteiger partial charge < -0.3 is 20.4 Å². The Morgan fingerprint density at radius 2 is 1.69 bits per heavy atom. The van der Waals surface area contributed by atoms with Gasteiger partial charge in [-0.3, -0.25) is 4.79 Å². The summed E-state index contributed by atoms with van der Waals surface area (Å²) in [6.07, 6.45) is 0. The fourth-order valence-electron chi connectivity index (χ4n) is 3.12. The zero-order valence-corrected chi connectivity index (χ0v) is 15.9. The predicted molar refractivity (Wildman–Crippen MR) is 109 cm³/mol. The van der Waals surface area contributed by atoms with Gasteiger partial charge in [-0.25, -0.2) is 0 Å². The number of piperazine rings is 1. The number of nitrogens with one attached hydrogen (secondary N) is 2.